The Morgan fingerprint density at radius 2 is 2.17 bits per heavy atom. The number of nitrogens with one attached hydrogen (secondary N) is 1. The van der Waals surface area contributed by atoms with Gasteiger partial charge >= 0.3 is 0 Å². The van der Waals surface area contributed by atoms with E-state index in [1.54, 1.807) is 0 Å². The number of fused-ring (bicyclic) bond motifs is 1. The molecular formula is C18H26BrN3O2. The Morgan fingerprint density at radius 1 is 1.33 bits per heavy atom. The van der Waals surface area contributed by atoms with Gasteiger partial charge in [-0.2, -0.15) is 5.10 Å². The summed E-state index contributed by atoms with van der Waals surface area (Å²) in [5.74, 6) is 2.02. The predicted octanol–water partition coefficient (Wildman–Crippen LogP) is 3.59. The maximum Gasteiger partial charge on any atom is 0.175 e. The van der Waals surface area contributed by atoms with Crippen LogP contribution in [0.25, 0.3) is 0 Å². The van der Waals surface area contributed by atoms with Crippen LogP contribution in [0.15, 0.2) is 21.7 Å². The zero-order valence-corrected chi connectivity index (χ0v) is 16.2. The highest BCUT2D eigenvalue weighted by atomic mass is 79.9. The Labute approximate surface area is 152 Å². The normalized spacial score (nSPS) is 23.4. The molecule has 0 bridgehead atoms. The van der Waals surface area contributed by atoms with Crippen LogP contribution in [0.5, 0.6) is 11.5 Å². The molecule has 2 unspecified atom stereocenters. The van der Waals surface area contributed by atoms with Crippen molar-refractivity contribution < 1.29 is 9.47 Å². The van der Waals surface area contributed by atoms with Gasteiger partial charge in [0.05, 0.1) is 23.7 Å². The second-order valence-electron chi connectivity index (χ2n) is 6.44. The molecule has 0 amide bonds. The minimum atomic E-state index is 0.193. The van der Waals surface area contributed by atoms with Crippen LogP contribution in [0.3, 0.4) is 0 Å². The van der Waals surface area contributed by atoms with Gasteiger partial charge in [-0.05, 0) is 54.0 Å². The summed E-state index contributed by atoms with van der Waals surface area (Å²) in [6.45, 7) is 7.51. The van der Waals surface area contributed by atoms with Gasteiger partial charge in [-0.3, -0.25) is 0 Å². The summed E-state index contributed by atoms with van der Waals surface area (Å²) in [5.41, 5.74) is 5.82. The Morgan fingerprint density at radius 3 is 2.92 bits per heavy atom. The average molecular weight is 396 g/mol. The van der Waals surface area contributed by atoms with Gasteiger partial charge < -0.3 is 19.8 Å². The fourth-order valence-corrected chi connectivity index (χ4v) is 3.96. The molecule has 6 heteroatoms. The molecule has 5 nitrogen and oxygen atoms in total. The van der Waals surface area contributed by atoms with Gasteiger partial charge in [0, 0.05) is 31.1 Å². The third-order valence-electron chi connectivity index (χ3n) is 4.58. The number of rotatable bonds is 6. The van der Waals surface area contributed by atoms with Gasteiger partial charge in [0.15, 0.2) is 11.5 Å². The zero-order valence-electron chi connectivity index (χ0n) is 14.6. The Balaban J connectivity index is 1.88. The summed E-state index contributed by atoms with van der Waals surface area (Å²) in [5, 5.41) is 4.58. The first-order valence-electron chi connectivity index (χ1n) is 8.73. The van der Waals surface area contributed by atoms with Crippen LogP contribution < -0.4 is 14.9 Å². The number of hydrogen-bond acceptors (Lipinski definition) is 5. The summed E-state index contributed by atoms with van der Waals surface area (Å²) >= 11 is 3.66. The number of hydrogen-bond donors (Lipinski definition) is 1. The molecule has 0 aliphatic carbocycles. The summed E-state index contributed by atoms with van der Waals surface area (Å²) in [6, 6.07) is 4.43. The fourth-order valence-electron chi connectivity index (χ4n) is 3.38. The number of nitrogens with zero attached hydrogens (tertiary/aromatic N) is 2. The van der Waals surface area contributed by atoms with E-state index in [0.717, 1.165) is 41.9 Å². The Kier molecular flexibility index (Phi) is 5.66. The number of benzene rings is 1. The minimum Gasteiger partial charge on any atom is -0.490 e. The van der Waals surface area contributed by atoms with Gasteiger partial charge in [-0.1, -0.05) is 6.92 Å². The Bertz CT molecular complexity index is 621. The molecule has 2 aliphatic heterocycles. The van der Waals surface area contributed by atoms with E-state index in [0.29, 0.717) is 19.1 Å². The van der Waals surface area contributed by atoms with E-state index in [1.807, 2.05) is 6.92 Å². The first kappa shape index (κ1) is 17.5. The molecule has 1 fully saturated rings. The van der Waals surface area contributed by atoms with Crippen molar-refractivity contribution in [2.24, 2.45) is 11.0 Å². The van der Waals surface area contributed by atoms with Gasteiger partial charge in [-0.15, -0.1) is 0 Å². The van der Waals surface area contributed by atoms with Crippen LogP contribution in [0, 0.1) is 5.92 Å². The number of piperidine rings is 1. The molecule has 2 atom stereocenters. The quantitative estimate of drug-likeness (QED) is 0.799. The molecule has 2 heterocycles. The molecule has 0 aromatic heterocycles. The molecule has 1 aromatic rings. The third kappa shape index (κ3) is 3.54. The molecule has 1 N–H and O–H groups in total. The molecule has 1 aromatic carbocycles. The minimum absolute atomic E-state index is 0.193. The predicted molar refractivity (Wildman–Crippen MR) is 100 cm³/mol. The topological polar surface area (TPSA) is 46.1 Å². The first-order chi connectivity index (χ1) is 11.6. The Hall–Kier alpha value is -1.27. The van der Waals surface area contributed by atoms with Gasteiger partial charge in [-0.25, -0.2) is 0 Å². The van der Waals surface area contributed by atoms with E-state index in [1.165, 1.54) is 11.3 Å². The van der Waals surface area contributed by atoms with Crippen molar-refractivity contribution in [3.8, 4) is 11.5 Å². The van der Waals surface area contributed by atoms with Crippen LogP contribution in [-0.4, -0.2) is 44.0 Å². The largest absolute Gasteiger partial charge is 0.490 e. The lowest BCUT2D eigenvalue weighted by Gasteiger charge is -2.31. The average Bonchev–Trinajstić information content (AvgIpc) is 2.97. The maximum atomic E-state index is 5.88. The van der Waals surface area contributed by atoms with Crippen LogP contribution in [0.1, 0.15) is 38.3 Å². The summed E-state index contributed by atoms with van der Waals surface area (Å²) in [4.78, 5) is 2.38. The van der Waals surface area contributed by atoms with Crippen LogP contribution in [-0.2, 0) is 0 Å². The molecule has 0 spiro atoms. The standard InChI is InChI=1S/C18H26BrN3O2/c1-4-8-24-18-14(19)9-12(10-16(18)23-5-2)17-13-11-22(3)7-6-15(13)20-21-17/h9-10,13,17,21H,4-8,11H2,1-3H3. The molecule has 1 saturated heterocycles. The highest BCUT2D eigenvalue weighted by Crippen LogP contribution is 2.41. The highest BCUT2D eigenvalue weighted by molar-refractivity contribution is 9.10. The SMILES string of the molecule is CCCOc1c(Br)cc(C2NN=C3CCN(C)CC32)cc1OCC. The van der Waals surface area contributed by atoms with Crippen molar-refractivity contribution in [2.45, 2.75) is 32.7 Å². The molecule has 3 rings (SSSR count). The smallest absolute Gasteiger partial charge is 0.175 e. The molecular weight excluding hydrogens is 370 g/mol. The third-order valence-corrected chi connectivity index (χ3v) is 5.17. The van der Waals surface area contributed by atoms with Crippen LogP contribution in [0.2, 0.25) is 0 Å². The first-order valence-corrected chi connectivity index (χ1v) is 9.52. The number of hydrazone groups is 1. The van der Waals surface area contributed by atoms with Crippen molar-refractivity contribution in [1.29, 1.82) is 0 Å². The van der Waals surface area contributed by atoms with Gasteiger partial charge in [0.2, 0.25) is 0 Å². The lowest BCUT2D eigenvalue weighted by atomic mass is 9.86. The van der Waals surface area contributed by atoms with E-state index >= 15 is 0 Å². The summed E-state index contributed by atoms with van der Waals surface area (Å²) in [7, 11) is 2.18. The van der Waals surface area contributed by atoms with Gasteiger partial charge in [0.1, 0.15) is 0 Å². The van der Waals surface area contributed by atoms with E-state index < -0.39 is 0 Å². The van der Waals surface area contributed by atoms with Crippen molar-refractivity contribution in [2.75, 3.05) is 33.4 Å². The van der Waals surface area contributed by atoms with Gasteiger partial charge in [0.25, 0.3) is 0 Å². The molecule has 24 heavy (non-hydrogen) atoms. The highest BCUT2D eigenvalue weighted by Gasteiger charge is 2.36. The van der Waals surface area contributed by atoms with Crippen LogP contribution in [0.4, 0.5) is 0 Å². The van der Waals surface area contributed by atoms with Crippen molar-refractivity contribution in [1.82, 2.24) is 10.3 Å². The van der Waals surface area contributed by atoms with E-state index in [4.69, 9.17) is 9.47 Å². The van der Waals surface area contributed by atoms with E-state index in [9.17, 15) is 0 Å². The van der Waals surface area contributed by atoms with E-state index in [-0.39, 0.29) is 6.04 Å². The van der Waals surface area contributed by atoms with Crippen molar-refractivity contribution in [3.63, 3.8) is 0 Å². The maximum absolute atomic E-state index is 5.88. The molecule has 0 radical (unpaired) electrons. The molecule has 132 valence electrons. The van der Waals surface area contributed by atoms with Crippen LogP contribution >= 0.6 is 15.9 Å². The lowest BCUT2D eigenvalue weighted by Crippen LogP contribution is -2.39. The second-order valence-corrected chi connectivity index (χ2v) is 7.29. The number of ether oxygens (including phenoxy) is 2. The molecule has 0 saturated carbocycles. The summed E-state index contributed by atoms with van der Waals surface area (Å²) < 4.78 is 12.7. The van der Waals surface area contributed by atoms with Crippen molar-refractivity contribution in [3.05, 3.63) is 22.2 Å². The molecule has 2 aliphatic rings. The monoisotopic (exact) mass is 395 g/mol. The summed E-state index contributed by atoms with van der Waals surface area (Å²) in [6.07, 6.45) is 2.01. The van der Waals surface area contributed by atoms with E-state index in [2.05, 4.69) is 57.5 Å². The number of likely N-dealkylation sites (tertiary alicyclic amines) is 1. The van der Waals surface area contributed by atoms with Crippen molar-refractivity contribution >= 4 is 21.6 Å². The zero-order chi connectivity index (χ0) is 17.1. The lowest BCUT2D eigenvalue weighted by molar-refractivity contribution is 0.268. The fraction of sp³-hybridized carbons (Fsp3) is 0.611. The second kappa shape index (κ2) is 7.74. The number of halogens is 1.